The molecule has 0 aliphatic rings. The Labute approximate surface area is 532 Å². The number of aliphatic hydroxyl groups excluding tert-OH is 1. The summed E-state index contributed by atoms with van der Waals surface area (Å²) in [5.74, 6) is 1.44. The fraction of sp³-hybridized carbons (Fsp3) is 0.0725. The van der Waals surface area contributed by atoms with Gasteiger partial charge in [0.2, 0.25) is 20.0 Å². The summed E-state index contributed by atoms with van der Waals surface area (Å²) in [6, 6.07) is 55.0. The van der Waals surface area contributed by atoms with Gasteiger partial charge in [-0.25, -0.2) is 41.2 Å². The van der Waals surface area contributed by atoms with Crippen LogP contribution in [0.3, 0.4) is 0 Å². The number of Topliss-reactive ketones (excluding diaryl/α,β-unsaturated/α-hetero) is 1. The van der Waals surface area contributed by atoms with Crippen LogP contribution in [0.15, 0.2) is 214 Å². The summed E-state index contributed by atoms with van der Waals surface area (Å²) >= 11 is 3.43. The molecule has 0 radical (unpaired) electrons. The van der Waals surface area contributed by atoms with Crippen molar-refractivity contribution in [3.63, 3.8) is 0 Å². The molecule has 23 heteroatoms. The topological polar surface area (TPSA) is 216 Å². The predicted molar refractivity (Wildman–Crippen MR) is 352 cm³/mol. The molecule has 12 rings (SSSR count). The zero-order valence-electron chi connectivity index (χ0n) is 48.5. The van der Waals surface area contributed by atoms with Crippen molar-refractivity contribution in [2.24, 2.45) is 0 Å². The highest BCUT2D eigenvalue weighted by Crippen LogP contribution is 2.34. The number of hydrogen-bond donors (Lipinski definition) is 6. The molecule has 0 fully saturated rings. The van der Waals surface area contributed by atoms with Gasteiger partial charge in [-0.15, -0.1) is 0 Å². The van der Waals surface area contributed by atoms with Crippen LogP contribution in [-0.4, -0.2) is 78.3 Å². The highest BCUT2D eigenvalue weighted by atomic mass is 79.9. The summed E-state index contributed by atoms with van der Waals surface area (Å²) in [7, 11) is -4.42. The van der Waals surface area contributed by atoms with E-state index in [0.29, 0.717) is 67.1 Å². The Morgan fingerprint density at radius 2 is 0.783 bits per heavy atom. The fourth-order valence-corrected chi connectivity index (χ4v) is 11.8. The molecule has 0 amide bonds. The van der Waals surface area contributed by atoms with Crippen molar-refractivity contribution in [2.75, 3.05) is 20.7 Å². The van der Waals surface area contributed by atoms with Gasteiger partial charge in [0, 0.05) is 21.2 Å². The van der Waals surface area contributed by atoms with Gasteiger partial charge in [-0.05, 0) is 156 Å². The first-order valence-corrected chi connectivity index (χ1v) is 31.7. The molecule has 0 aliphatic carbocycles. The highest BCUT2D eigenvalue weighted by molar-refractivity contribution is 9.10. The molecule has 0 unspecified atom stereocenters. The Bertz CT molecular complexity index is 4990. The molecule has 466 valence electrons. The minimum Gasteiger partial charge on any atom is -0.388 e. The maximum absolute atomic E-state index is 12.7. The van der Waals surface area contributed by atoms with E-state index in [2.05, 4.69) is 55.3 Å². The second-order valence-electron chi connectivity index (χ2n) is 20.4. The Balaban J connectivity index is 0.000000151. The van der Waals surface area contributed by atoms with Crippen LogP contribution in [0.25, 0.3) is 103 Å². The van der Waals surface area contributed by atoms with Gasteiger partial charge in [0.05, 0.1) is 54.0 Å². The normalized spacial score (nSPS) is 12.2. The predicted octanol–water partition coefficient (Wildman–Crippen LogP) is 16.0. The van der Waals surface area contributed by atoms with Gasteiger partial charge in [-0.3, -0.25) is 4.79 Å². The minimum absolute atomic E-state index is 0.170. The lowest BCUT2D eigenvalue weighted by atomic mass is 9.97. The molecule has 14 nitrogen and oxygen atoms in total. The first-order chi connectivity index (χ1) is 44.0. The van der Waals surface area contributed by atoms with E-state index in [9.17, 15) is 53.1 Å². The van der Waals surface area contributed by atoms with Crippen molar-refractivity contribution in [1.82, 2.24) is 39.3 Å². The lowest BCUT2D eigenvalue weighted by molar-refractivity contribution is -0.138. The number of benzene rings is 9. The molecule has 6 N–H and O–H groups in total. The van der Waals surface area contributed by atoms with E-state index in [1.54, 1.807) is 85.0 Å². The van der Waals surface area contributed by atoms with Crippen LogP contribution in [0.1, 0.15) is 55.6 Å². The number of nitrogens with one attached hydrogen (secondary N) is 5. The van der Waals surface area contributed by atoms with Crippen LogP contribution in [-0.2, 0) is 32.4 Å². The molecule has 3 aromatic heterocycles. The van der Waals surface area contributed by atoms with Crippen molar-refractivity contribution in [2.45, 2.75) is 22.1 Å². The van der Waals surface area contributed by atoms with Gasteiger partial charge < -0.3 is 20.1 Å². The number of aliphatic hydroxyl groups is 1. The molecule has 9 aromatic carbocycles. The lowest BCUT2D eigenvalue weighted by Crippen LogP contribution is -2.19. The van der Waals surface area contributed by atoms with Gasteiger partial charge in [0.1, 0.15) is 24.1 Å². The number of sulfonamides is 2. The number of H-pyrrole nitrogens is 3. The third-order valence-electron chi connectivity index (χ3n) is 14.3. The number of aromatic nitrogens is 6. The molecule has 0 atom stereocenters. The van der Waals surface area contributed by atoms with E-state index < -0.39 is 50.1 Å². The average Bonchev–Trinajstić information content (AvgIpc) is 1.38. The van der Waals surface area contributed by atoms with Gasteiger partial charge in [0.15, 0.2) is 5.78 Å². The van der Waals surface area contributed by atoms with Gasteiger partial charge in [-0.1, -0.05) is 149 Å². The standard InChI is InChI=1S/C24H17F3N2O2.C23H18F3N3O2S.C22H18BrN3O2S/c25-24(26,27)17-9-5-15(6-10-17)7-12-23-28-20-11-8-16(13-21(20)29-23)18-3-1-2-4-19(18)22(31)14-30;1-27-32(30,31)21-5-3-2-4-18(21)16-9-12-19-20(14-16)29-22(28-19)13-8-15-6-10-17(11-7-15)23(24,25)26;1-24-29(27,28)21-5-3-2-4-18(21)16-9-12-19-20(14-16)26-22(25-19)13-8-15-6-10-17(23)11-7-15/h1-13,30H,14H2,(H,28,29);2-14,27H,1H3,(H,28,29);2-14,24H,1H3,(H,25,26)/b12-7+;2*13-8+. The third kappa shape index (κ3) is 15.6. The van der Waals surface area contributed by atoms with E-state index in [4.69, 9.17) is 0 Å². The summed E-state index contributed by atoms with van der Waals surface area (Å²) in [5.41, 5.74) is 10.0. The summed E-state index contributed by atoms with van der Waals surface area (Å²) in [5, 5.41) is 9.21. The first kappa shape index (κ1) is 65.1. The van der Waals surface area contributed by atoms with Crippen LogP contribution >= 0.6 is 15.9 Å². The largest absolute Gasteiger partial charge is 0.416 e. The zero-order chi connectivity index (χ0) is 65.4. The highest BCUT2D eigenvalue weighted by Gasteiger charge is 2.31. The third-order valence-corrected chi connectivity index (χ3v) is 17.8. The molecule has 0 spiro atoms. The number of carbonyl (C=O) groups excluding carboxylic acids is 1. The summed E-state index contributed by atoms with van der Waals surface area (Å²) < 4.78 is 131. The van der Waals surface area contributed by atoms with Crippen molar-refractivity contribution < 1.29 is 53.1 Å². The quantitative estimate of drug-likeness (QED) is 0.0425. The van der Waals surface area contributed by atoms with Crippen LogP contribution in [0, 0.1) is 0 Å². The monoisotopic (exact) mass is 1350 g/mol. The summed E-state index contributed by atoms with van der Waals surface area (Å²) in [6.45, 7) is -0.567. The Morgan fingerprint density at radius 3 is 1.13 bits per heavy atom. The average molecular weight is 1350 g/mol. The molecule has 3 heterocycles. The van der Waals surface area contributed by atoms with E-state index in [1.807, 2.05) is 97.1 Å². The van der Waals surface area contributed by atoms with Crippen molar-refractivity contribution in [3.05, 3.63) is 256 Å². The molecule has 12 aromatic rings. The second-order valence-corrected chi connectivity index (χ2v) is 25.0. The van der Waals surface area contributed by atoms with Crippen LogP contribution in [0.5, 0.6) is 0 Å². The first-order valence-electron chi connectivity index (χ1n) is 27.9. The van der Waals surface area contributed by atoms with Gasteiger partial charge in [0.25, 0.3) is 0 Å². The second kappa shape index (κ2) is 27.7. The van der Waals surface area contributed by atoms with Crippen molar-refractivity contribution in [1.29, 1.82) is 0 Å². The summed E-state index contributed by atoms with van der Waals surface area (Å²) in [4.78, 5) is 35.5. The maximum atomic E-state index is 12.7. The molecule has 92 heavy (non-hydrogen) atoms. The molecule has 0 saturated carbocycles. The molecule has 0 bridgehead atoms. The van der Waals surface area contributed by atoms with Crippen LogP contribution in [0.4, 0.5) is 26.3 Å². The smallest absolute Gasteiger partial charge is 0.388 e. The SMILES string of the molecule is CNS(=O)(=O)c1ccccc1-c1ccc2nc(/C=C/c3ccc(Br)cc3)[nH]c2c1.CNS(=O)(=O)c1ccccc1-c1ccc2nc(/C=C/c3ccc(C(F)(F)F)cc3)[nH]c2c1.O=C(CO)c1ccccc1-c1ccc2nc(/C=C/c3ccc(C(F)(F)F)cc3)[nH]c2c1. The number of nitrogens with zero attached hydrogens (tertiary/aromatic N) is 3. The fourth-order valence-electron chi connectivity index (χ4n) is 9.66. The Morgan fingerprint density at radius 1 is 0.457 bits per heavy atom. The van der Waals surface area contributed by atoms with E-state index >= 15 is 0 Å². The number of ketones is 1. The number of halogens is 7. The number of carbonyl (C=O) groups is 1. The number of imidazole rings is 3. The molecule has 0 saturated heterocycles. The zero-order valence-corrected chi connectivity index (χ0v) is 51.7. The molecule has 0 aliphatic heterocycles. The van der Waals surface area contributed by atoms with Crippen molar-refractivity contribution in [3.8, 4) is 33.4 Å². The van der Waals surface area contributed by atoms with Crippen LogP contribution in [0.2, 0.25) is 0 Å². The minimum atomic E-state index is -4.37. The number of aromatic amines is 3. The van der Waals surface area contributed by atoms with Gasteiger partial charge in [-0.2, -0.15) is 26.3 Å². The van der Waals surface area contributed by atoms with Crippen molar-refractivity contribution >= 4 is 111 Å². The van der Waals surface area contributed by atoms with Crippen LogP contribution < -0.4 is 9.44 Å². The van der Waals surface area contributed by atoms with E-state index in [0.717, 1.165) is 67.8 Å². The Kier molecular flexibility index (Phi) is 19.6. The summed E-state index contributed by atoms with van der Waals surface area (Å²) in [6.07, 6.45) is 1.86. The number of fused-ring (bicyclic) bond motifs is 3. The number of alkyl halides is 6. The molecular weight excluding hydrogens is 1290 g/mol. The molecular formula is C69H53BrF6N8O6S2. The van der Waals surface area contributed by atoms with E-state index in [-0.39, 0.29) is 15.6 Å². The lowest BCUT2D eigenvalue weighted by Gasteiger charge is -2.09. The van der Waals surface area contributed by atoms with Gasteiger partial charge >= 0.3 is 12.4 Å². The maximum Gasteiger partial charge on any atom is 0.416 e. The number of rotatable bonds is 15. The Hall–Kier alpha value is -9.88. The van der Waals surface area contributed by atoms with E-state index in [1.165, 1.54) is 44.4 Å². The number of hydrogen-bond acceptors (Lipinski definition) is 9.